The van der Waals surface area contributed by atoms with E-state index in [0.29, 0.717) is 19.5 Å². The Balaban J connectivity index is 1.73. The Labute approximate surface area is 160 Å². The van der Waals surface area contributed by atoms with Gasteiger partial charge in [-0.05, 0) is 43.9 Å². The molecule has 1 amide bonds. The van der Waals surface area contributed by atoms with Crippen LogP contribution >= 0.6 is 0 Å². The van der Waals surface area contributed by atoms with E-state index < -0.39 is 0 Å². The summed E-state index contributed by atoms with van der Waals surface area (Å²) in [6.07, 6.45) is 2.20. The minimum Gasteiger partial charge on any atom is -0.332 e. The summed E-state index contributed by atoms with van der Waals surface area (Å²) in [5, 5.41) is 0. The molecule has 0 radical (unpaired) electrons. The van der Waals surface area contributed by atoms with Crippen LogP contribution in [0.5, 0.6) is 0 Å². The maximum Gasteiger partial charge on any atom is 0.224 e. The van der Waals surface area contributed by atoms with Gasteiger partial charge in [0.05, 0.1) is 12.2 Å². The Kier molecular flexibility index (Phi) is 6.53. The molecule has 0 spiro atoms. The van der Waals surface area contributed by atoms with Gasteiger partial charge in [0.25, 0.3) is 0 Å². The van der Waals surface area contributed by atoms with E-state index in [9.17, 15) is 9.18 Å². The number of amides is 1. The highest BCUT2D eigenvalue weighted by Gasteiger charge is 2.27. The van der Waals surface area contributed by atoms with Crippen LogP contribution in [0.1, 0.15) is 17.7 Å². The van der Waals surface area contributed by atoms with E-state index in [4.69, 9.17) is 0 Å². The molecule has 1 saturated heterocycles. The van der Waals surface area contributed by atoms with Gasteiger partial charge in [-0.3, -0.25) is 9.78 Å². The van der Waals surface area contributed by atoms with Crippen molar-refractivity contribution in [3.05, 3.63) is 65.7 Å². The zero-order chi connectivity index (χ0) is 19.2. The fourth-order valence-electron chi connectivity index (χ4n) is 3.38. The Bertz CT molecular complexity index is 738. The van der Waals surface area contributed by atoms with E-state index in [2.05, 4.69) is 28.9 Å². The third-order valence-electron chi connectivity index (χ3n) is 5.11. The summed E-state index contributed by atoms with van der Waals surface area (Å²) < 4.78 is 13.2. The van der Waals surface area contributed by atoms with Crippen LogP contribution in [0, 0.1) is 5.82 Å². The third-order valence-corrected chi connectivity index (χ3v) is 5.11. The van der Waals surface area contributed by atoms with Gasteiger partial charge in [-0.1, -0.05) is 18.2 Å². The fourth-order valence-corrected chi connectivity index (χ4v) is 3.38. The molecule has 5 nitrogen and oxygen atoms in total. The molecule has 6 heteroatoms. The molecule has 0 N–H and O–H groups in total. The normalized spacial score (nSPS) is 18.4. The van der Waals surface area contributed by atoms with Gasteiger partial charge in [0, 0.05) is 44.8 Å². The van der Waals surface area contributed by atoms with Crippen LogP contribution < -0.4 is 0 Å². The number of piperazine rings is 1. The van der Waals surface area contributed by atoms with Crippen molar-refractivity contribution in [3.63, 3.8) is 0 Å². The molecule has 0 saturated carbocycles. The minimum absolute atomic E-state index is 0.0946. The van der Waals surface area contributed by atoms with Crippen molar-refractivity contribution in [2.75, 3.05) is 33.7 Å². The highest BCUT2D eigenvalue weighted by Crippen LogP contribution is 2.15. The quantitative estimate of drug-likeness (QED) is 0.783. The van der Waals surface area contributed by atoms with Gasteiger partial charge in [-0.2, -0.15) is 0 Å². The molecular weight excluding hydrogens is 343 g/mol. The lowest BCUT2D eigenvalue weighted by molar-refractivity contribution is -0.134. The Morgan fingerprint density at radius 2 is 1.93 bits per heavy atom. The smallest absolute Gasteiger partial charge is 0.224 e. The molecule has 1 aliphatic heterocycles. The maximum atomic E-state index is 13.2. The fraction of sp³-hybridized carbons (Fsp3) is 0.429. The van der Waals surface area contributed by atoms with E-state index >= 15 is 0 Å². The first-order valence-electron chi connectivity index (χ1n) is 9.32. The molecule has 27 heavy (non-hydrogen) atoms. The number of benzene rings is 1. The number of rotatable bonds is 6. The van der Waals surface area contributed by atoms with Gasteiger partial charge in [-0.25, -0.2) is 4.39 Å². The molecule has 1 aromatic carbocycles. The molecule has 0 bridgehead atoms. The first-order chi connectivity index (χ1) is 13.0. The predicted octanol–water partition coefficient (Wildman–Crippen LogP) is 2.39. The average Bonchev–Trinajstić information content (AvgIpc) is 2.66. The van der Waals surface area contributed by atoms with Gasteiger partial charge in [0.15, 0.2) is 0 Å². The van der Waals surface area contributed by atoms with Crippen molar-refractivity contribution >= 4 is 5.91 Å². The zero-order valence-electron chi connectivity index (χ0n) is 16.0. The topological polar surface area (TPSA) is 39.7 Å². The number of pyridine rings is 1. The lowest BCUT2D eigenvalue weighted by Crippen LogP contribution is -2.51. The number of halogens is 1. The number of aromatic nitrogens is 1. The van der Waals surface area contributed by atoms with Gasteiger partial charge in [0.2, 0.25) is 5.91 Å². The summed E-state index contributed by atoms with van der Waals surface area (Å²) in [6, 6.07) is 12.2. The van der Waals surface area contributed by atoms with E-state index in [0.717, 1.165) is 30.9 Å². The van der Waals surface area contributed by atoms with Crippen molar-refractivity contribution in [2.45, 2.75) is 25.6 Å². The van der Waals surface area contributed by atoms with Crippen molar-refractivity contribution < 1.29 is 9.18 Å². The molecule has 1 atom stereocenters. The number of nitrogens with zero attached hydrogens (tertiary/aromatic N) is 4. The van der Waals surface area contributed by atoms with Crippen LogP contribution in [0.3, 0.4) is 0 Å². The van der Waals surface area contributed by atoms with Crippen molar-refractivity contribution in [1.82, 2.24) is 19.7 Å². The van der Waals surface area contributed by atoms with E-state index in [-0.39, 0.29) is 17.8 Å². The number of hydrogen-bond acceptors (Lipinski definition) is 4. The van der Waals surface area contributed by atoms with Crippen LogP contribution in [0.15, 0.2) is 48.7 Å². The third kappa shape index (κ3) is 5.58. The predicted molar refractivity (Wildman–Crippen MR) is 103 cm³/mol. The lowest BCUT2D eigenvalue weighted by atomic mass is 10.1. The van der Waals surface area contributed by atoms with Gasteiger partial charge in [0.1, 0.15) is 5.82 Å². The van der Waals surface area contributed by atoms with Crippen LogP contribution in [0.2, 0.25) is 0 Å². The zero-order valence-corrected chi connectivity index (χ0v) is 16.0. The lowest BCUT2D eigenvalue weighted by Gasteiger charge is -2.38. The highest BCUT2D eigenvalue weighted by atomic mass is 19.1. The molecular formula is C21H27FN4O. The Morgan fingerprint density at radius 1 is 1.15 bits per heavy atom. The first-order valence-corrected chi connectivity index (χ1v) is 9.32. The maximum absolute atomic E-state index is 13.2. The molecule has 1 fully saturated rings. The standard InChI is InChI=1S/C21H27FN4O/c1-24-11-12-25(2)20(16-24)13-21(27)26(15-19-5-3-4-10-23-19)14-17-6-8-18(22)9-7-17/h3-10,20H,11-16H2,1-2H3/t20-/m0/s1. The highest BCUT2D eigenvalue weighted by molar-refractivity contribution is 5.77. The van der Waals surface area contributed by atoms with Crippen LogP contribution in [-0.4, -0.2) is 65.4 Å². The van der Waals surface area contributed by atoms with E-state index in [1.54, 1.807) is 18.3 Å². The summed E-state index contributed by atoms with van der Waals surface area (Å²) in [7, 11) is 4.17. The van der Waals surface area contributed by atoms with Gasteiger partial charge >= 0.3 is 0 Å². The van der Waals surface area contributed by atoms with Gasteiger partial charge in [-0.15, -0.1) is 0 Å². The van der Waals surface area contributed by atoms with E-state index in [1.807, 2.05) is 23.1 Å². The van der Waals surface area contributed by atoms with Crippen LogP contribution in [-0.2, 0) is 17.9 Å². The number of likely N-dealkylation sites (N-methyl/N-ethyl adjacent to an activating group) is 2. The molecule has 0 aliphatic carbocycles. The summed E-state index contributed by atoms with van der Waals surface area (Å²) >= 11 is 0. The Morgan fingerprint density at radius 3 is 2.63 bits per heavy atom. The molecule has 2 aromatic rings. The summed E-state index contributed by atoms with van der Waals surface area (Å²) in [5.41, 5.74) is 1.76. The van der Waals surface area contributed by atoms with Crippen molar-refractivity contribution in [2.24, 2.45) is 0 Å². The first kappa shape index (κ1) is 19.5. The van der Waals surface area contributed by atoms with Crippen molar-refractivity contribution in [1.29, 1.82) is 0 Å². The van der Waals surface area contributed by atoms with Crippen LogP contribution in [0.25, 0.3) is 0 Å². The second kappa shape index (κ2) is 9.06. The average molecular weight is 370 g/mol. The second-order valence-corrected chi connectivity index (χ2v) is 7.30. The summed E-state index contributed by atoms with van der Waals surface area (Å²) in [5.74, 6) is -0.176. The molecule has 2 heterocycles. The summed E-state index contributed by atoms with van der Waals surface area (Å²) in [6.45, 7) is 3.77. The molecule has 1 aromatic heterocycles. The number of carbonyl (C=O) groups excluding carboxylic acids is 1. The monoisotopic (exact) mass is 370 g/mol. The van der Waals surface area contributed by atoms with Crippen LogP contribution in [0.4, 0.5) is 4.39 Å². The number of carbonyl (C=O) groups is 1. The van der Waals surface area contributed by atoms with Crippen molar-refractivity contribution in [3.8, 4) is 0 Å². The second-order valence-electron chi connectivity index (χ2n) is 7.30. The molecule has 1 aliphatic rings. The minimum atomic E-state index is -0.270. The SMILES string of the molecule is CN1CCN(C)[C@@H](CC(=O)N(Cc2ccc(F)cc2)Cc2ccccn2)C1. The molecule has 144 valence electrons. The number of hydrogen-bond donors (Lipinski definition) is 0. The summed E-state index contributed by atoms with van der Waals surface area (Å²) in [4.78, 5) is 23.8. The Hall–Kier alpha value is -2.31. The largest absolute Gasteiger partial charge is 0.332 e. The molecule has 0 unspecified atom stereocenters. The van der Waals surface area contributed by atoms with Gasteiger partial charge < -0.3 is 14.7 Å². The van der Waals surface area contributed by atoms with E-state index in [1.165, 1.54) is 12.1 Å². The molecule has 3 rings (SSSR count).